The number of halogens is 1. The fourth-order valence-electron chi connectivity index (χ4n) is 3.31. The number of furan rings is 1. The van der Waals surface area contributed by atoms with Crippen molar-refractivity contribution in [2.24, 2.45) is 0 Å². The lowest BCUT2D eigenvalue weighted by Gasteiger charge is -2.34. The van der Waals surface area contributed by atoms with Gasteiger partial charge in [-0.2, -0.15) is 0 Å². The Labute approximate surface area is 179 Å². The van der Waals surface area contributed by atoms with Gasteiger partial charge in [0.2, 0.25) is 0 Å². The van der Waals surface area contributed by atoms with Crippen LogP contribution >= 0.6 is 23.8 Å². The molecular weight excluding hydrogens is 408 g/mol. The zero-order valence-corrected chi connectivity index (χ0v) is 17.5. The molecule has 2 N–H and O–H groups in total. The van der Waals surface area contributed by atoms with E-state index < -0.39 is 5.91 Å². The normalized spacial score (nSPS) is 14.8. The van der Waals surface area contributed by atoms with Crippen molar-refractivity contribution in [3.8, 4) is 0 Å². The van der Waals surface area contributed by atoms with Crippen LogP contribution < -0.4 is 15.5 Å². The molecule has 0 radical (unpaired) electrons. The fourth-order valence-corrected chi connectivity index (χ4v) is 3.82. The lowest BCUT2D eigenvalue weighted by molar-refractivity contribution is 0.0953. The summed E-state index contributed by atoms with van der Waals surface area (Å²) < 4.78 is 5.56. The molecule has 0 spiro atoms. The number of para-hydroxylation sites is 1. The number of hydrogen-bond donors (Lipinski definition) is 2. The van der Waals surface area contributed by atoms with Crippen LogP contribution in [-0.4, -0.2) is 49.1 Å². The highest BCUT2D eigenvalue weighted by molar-refractivity contribution is 7.80. The van der Waals surface area contributed by atoms with E-state index in [1.807, 2.05) is 42.5 Å². The summed E-state index contributed by atoms with van der Waals surface area (Å²) in [7, 11) is 2.12. The van der Waals surface area contributed by atoms with E-state index in [4.69, 9.17) is 28.2 Å². The van der Waals surface area contributed by atoms with Crippen LogP contribution in [0.15, 0.2) is 52.9 Å². The number of amides is 1. The van der Waals surface area contributed by atoms with Crippen molar-refractivity contribution >= 4 is 57.2 Å². The first kappa shape index (κ1) is 19.7. The van der Waals surface area contributed by atoms with Crippen LogP contribution in [0.25, 0.3) is 11.0 Å². The zero-order chi connectivity index (χ0) is 20.4. The fraction of sp³-hybridized carbons (Fsp3) is 0.238. The van der Waals surface area contributed by atoms with E-state index in [9.17, 15) is 4.79 Å². The third-order valence-corrected chi connectivity index (χ3v) is 5.43. The van der Waals surface area contributed by atoms with Crippen molar-refractivity contribution in [2.45, 2.75) is 0 Å². The van der Waals surface area contributed by atoms with Crippen LogP contribution in [0.3, 0.4) is 0 Å². The lowest BCUT2D eigenvalue weighted by atomic mass is 10.2. The Balaban J connectivity index is 1.39. The molecule has 1 saturated heterocycles. The van der Waals surface area contributed by atoms with Crippen LogP contribution in [-0.2, 0) is 0 Å². The topological polar surface area (TPSA) is 60.8 Å². The maximum atomic E-state index is 12.4. The van der Waals surface area contributed by atoms with Gasteiger partial charge in [0.1, 0.15) is 5.58 Å². The molecule has 0 bridgehead atoms. The minimum atomic E-state index is -0.404. The SMILES string of the molecule is CN1CCN(c2ccc(NC(=S)NC(=O)c3cc4ccccc4o3)cc2Cl)CC1. The molecule has 1 aromatic heterocycles. The second kappa shape index (κ2) is 8.41. The van der Waals surface area contributed by atoms with Gasteiger partial charge in [0.25, 0.3) is 5.91 Å². The molecule has 1 aliphatic rings. The van der Waals surface area contributed by atoms with Crippen molar-refractivity contribution in [1.82, 2.24) is 10.2 Å². The molecule has 0 unspecified atom stereocenters. The lowest BCUT2D eigenvalue weighted by Crippen LogP contribution is -2.44. The number of nitrogens with one attached hydrogen (secondary N) is 2. The van der Waals surface area contributed by atoms with Gasteiger partial charge < -0.3 is 19.5 Å². The number of carbonyl (C=O) groups excluding carboxylic acids is 1. The summed E-state index contributed by atoms with van der Waals surface area (Å²) in [5.74, 6) is -0.197. The Bertz CT molecular complexity index is 1030. The summed E-state index contributed by atoms with van der Waals surface area (Å²) >= 11 is 11.8. The predicted molar refractivity (Wildman–Crippen MR) is 121 cm³/mol. The molecule has 3 aromatic rings. The summed E-state index contributed by atoms with van der Waals surface area (Å²) in [5.41, 5.74) is 2.37. The number of likely N-dealkylation sites (N-methyl/N-ethyl adjacent to an activating group) is 1. The number of carbonyl (C=O) groups is 1. The Morgan fingerprint density at radius 3 is 2.59 bits per heavy atom. The van der Waals surface area contributed by atoms with Crippen LogP contribution in [0.1, 0.15) is 10.6 Å². The molecule has 29 heavy (non-hydrogen) atoms. The standard InChI is InChI=1S/C21H21ClN4O2S/c1-25-8-10-26(11-9-25)17-7-6-15(13-16(17)22)23-21(29)24-20(27)19-12-14-4-2-3-5-18(14)28-19/h2-7,12-13H,8-11H2,1H3,(H2,23,24,27,29). The highest BCUT2D eigenvalue weighted by Gasteiger charge is 2.17. The van der Waals surface area contributed by atoms with E-state index in [0.29, 0.717) is 16.3 Å². The largest absolute Gasteiger partial charge is 0.451 e. The summed E-state index contributed by atoms with van der Waals surface area (Å²) in [6.07, 6.45) is 0. The predicted octanol–water partition coefficient (Wildman–Crippen LogP) is 3.96. The second-order valence-corrected chi connectivity index (χ2v) is 7.83. The average molecular weight is 429 g/mol. The minimum Gasteiger partial charge on any atom is -0.451 e. The number of thiocarbonyl (C=S) groups is 1. The van der Waals surface area contributed by atoms with Crippen LogP contribution in [0.4, 0.5) is 11.4 Å². The van der Waals surface area contributed by atoms with Gasteiger partial charge in [-0.3, -0.25) is 10.1 Å². The van der Waals surface area contributed by atoms with E-state index in [0.717, 1.165) is 37.3 Å². The van der Waals surface area contributed by atoms with Gasteiger partial charge in [0.15, 0.2) is 10.9 Å². The third-order valence-electron chi connectivity index (χ3n) is 4.93. The molecule has 0 atom stereocenters. The van der Waals surface area contributed by atoms with E-state index in [1.54, 1.807) is 6.07 Å². The van der Waals surface area contributed by atoms with E-state index in [1.165, 1.54) is 0 Å². The number of nitrogens with zero attached hydrogens (tertiary/aromatic N) is 2. The first-order valence-corrected chi connectivity index (χ1v) is 10.1. The molecule has 8 heteroatoms. The summed E-state index contributed by atoms with van der Waals surface area (Å²) in [6, 6.07) is 14.8. The number of rotatable bonds is 3. The Kier molecular flexibility index (Phi) is 5.71. The van der Waals surface area contributed by atoms with Crippen molar-refractivity contribution in [3.63, 3.8) is 0 Å². The van der Waals surface area contributed by atoms with E-state index in [2.05, 4.69) is 27.5 Å². The quantitative estimate of drug-likeness (QED) is 0.616. The van der Waals surface area contributed by atoms with Gasteiger partial charge in [-0.25, -0.2) is 0 Å². The van der Waals surface area contributed by atoms with Crippen molar-refractivity contribution in [2.75, 3.05) is 43.4 Å². The molecule has 6 nitrogen and oxygen atoms in total. The molecule has 150 valence electrons. The van der Waals surface area contributed by atoms with Gasteiger partial charge in [0, 0.05) is 37.3 Å². The highest BCUT2D eigenvalue weighted by atomic mass is 35.5. The number of hydrogen-bond acceptors (Lipinski definition) is 5. The molecular formula is C21H21ClN4O2S. The Morgan fingerprint density at radius 2 is 1.86 bits per heavy atom. The molecule has 1 amide bonds. The van der Waals surface area contributed by atoms with Crippen molar-refractivity contribution in [3.05, 3.63) is 59.3 Å². The van der Waals surface area contributed by atoms with Crippen LogP contribution in [0.2, 0.25) is 5.02 Å². The van der Waals surface area contributed by atoms with Crippen LogP contribution in [0.5, 0.6) is 0 Å². The van der Waals surface area contributed by atoms with Gasteiger partial charge in [-0.05, 0) is 49.6 Å². The van der Waals surface area contributed by atoms with Gasteiger partial charge in [-0.1, -0.05) is 29.8 Å². The van der Waals surface area contributed by atoms with E-state index in [-0.39, 0.29) is 10.9 Å². The molecule has 1 fully saturated rings. The molecule has 4 rings (SSSR count). The molecule has 2 aromatic carbocycles. The molecule has 1 aliphatic heterocycles. The van der Waals surface area contributed by atoms with Gasteiger partial charge >= 0.3 is 0 Å². The second-order valence-electron chi connectivity index (χ2n) is 7.01. The highest BCUT2D eigenvalue weighted by Crippen LogP contribution is 2.29. The number of anilines is 2. The first-order valence-electron chi connectivity index (χ1n) is 9.33. The molecule has 0 aliphatic carbocycles. The Morgan fingerprint density at radius 1 is 1.10 bits per heavy atom. The van der Waals surface area contributed by atoms with Crippen molar-refractivity contribution < 1.29 is 9.21 Å². The monoisotopic (exact) mass is 428 g/mol. The van der Waals surface area contributed by atoms with Gasteiger partial charge in [0.05, 0.1) is 10.7 Å². The molecule has 2 heterocycles. The summed E-state index contributed by atoms with van der Waals surface area (Å²) in [6.45, 7) is 3.90. The summed E-state index contributed by atoms with van der Waals surface area (Å²) in [4.78, 5) is 17.0. The van der Waals surface area contributed by atoms with Crippen molar-refractivity contribution in [1.29, 1.82) is 0 Å². The molecule has 0 saturated carbocycles. The zero-order valence-electron chi connectivity index (χ0n) is 15.9. The average Bonchev–Trinajstić information content (AvgIpc) is 3.13. The van der Waals surface area contributed by atoms with Crippen LogP contribution in [0, 0.1) is 0 Å². The summed E-state index contributed by atoms with van der Waals surface area (Å²) in [5, 5.41) is 7.33. The van der Waals surface area contributed by atoms with E-state index >= 15 is 0 Å². The van der Waals surface area contributed by atoms with Gasteiger partial charge in [-0.15, -0.1) is 0 Å². The smallest absolute Gasteiger partial charge is 0.293 e. The number of benzene rings is 2. The first-order chi connectivity index (χ1) is 14.0. The third kappa shape index (κ3) is 4.53. The maximum absolute atomic E-state index is 12.4. The minimum absolute atomic E-state index is 0.180. The number of piperazine rings is 1. The maximum Gasteiger partial charge on any atom is 0.293 e. The Hall–Kier alpha value is -2.61. The number of fused-ring (bicyclic) bond motifs is 1.